The summed E-state index contributed by atoms with van der Waals surface area (Å²) in [6, 6.07) is 46.1. The van der Waals surface area contributed by atoms with E-state index in [4.69, 9.17) is 9.40 Å². The van der Waals surface area contributed by atoms with Crippen LogP contribution in [0.2, 0.25) is 0 Å². The fourth-order valence-electron chi connectivity index (χ4n) is 7.82. The summed E-state index contributed by atoms with van der Waals surface area (Å²) in [5.74, 6) is 1.01. The summed E-state index contributed by atoms with van der Waals surface area (Å²) in [7, 11) is 0. The number of fused-ring (bicyclic) bond motifs is 8. The van der Waals surface area contributed by atoms with Crippen molar-refractivity contribution >= 4 is 60.6 Å². The van der Waals surface area contributed by atoms with E-state index >= 15 is 0 Å². The SMILES string of the molecule is C1=CCC2C(=C1)c1cccnc1N2c1ccc2c(c1)oc1cc(-c3c4ccccc4c(-c4ccccc4)c4ccccc34)ccc12. The van der Waals surface area contributed by atoms with Crippen LogP contribution in [0, 0.1) is 0 Å². The van der Waals surface area contributed by atoms with Crippen molar-refractivity contribution in [2.45, 2.75) is 12.5 Å². The highest BCUT2D eigenvalue weighted by Crippen LogP contribution is 2.48. The van der Waals surface area contributed by atoms with Crippen LogP contribution in [-0.4, -0.2) is 11.0 Å². The third kappa shape index (κ3) is 3.63. The molecule has 0 amide bonds. The van der Waals surface area contributed by atoms with E-state index in [9.17, 15) is 0 Å². The molecular weight excluding hydrogens is 560 g/mol. The minimum absolute atomic E-state index is 0.240. The first-order valence-corrected chi connectivity index (χ1v) is 15.9. The molecule has 216 valence electrons. The van der Waals surface area contributed by atoms with Gasteiger partial charge in [-0.05, 0) is 92.2 Å². The van der Waals surface area contributed by atoms with E-state index in [1.54, 1.807) is 0 Å². The van der Waals surface area contributed by atoms with Gasteiger partial charge in [-0.3, -0.25) is 0 Å². The molecule has 0 N–H and O–H groups in total. The number of benzene rings is 6. The molecule has 1 atom stereocenters. The predicted octanol–water partition coefficient (Wildman–Crippen LogP) is 11.5. The highest BCUT2D eigenvalue weighted by Gasteiger charge is 2.36. The summed E-state index contributed by atoms with van der Waals surface area (Å²) in [4.78, 5) is 7.18. The Labute approximate surface area is 266 Å². The second kappa shape index (κ2) is 9.79. The maximum Gasteiger partial charge on any atom is 0.141 e. The third-order valence-corrected chi connectivity index (χ3v) is 9.79. The Morgan fingerprint density at radius 1 is 0.587 bits per heavy atom. The molecule has 0 saturated carbocycles. The van der Waals surface area contributed by atoms with Crippen LogP contribution in [0.15, 0.2) is 156 Å². The Hall–Kier alpha value is -5.93. The number of anilines is 2. The Morgan fingerprint density at radius 2 is 1.24 bits per heavy atom. The van der Waals surface area contributed by atoms with Crippen molar-refractivity contribution in [3.05, 3.63) is 157 Å². The lowest BCUT2D eigenvalue weighted by Crippen LogP contribution is -2.27. The zero-order valence-corrected chi connectivity index (χ0v) is 25.0. The minimum atomic E-state index is 0.240. The Morgan fingerprint density at radius 3 is 1.98 bits per heavy atom. The average molecular weight is 589 g/mol. The molecule has 1 aliphatic heterocycles. The van der Waals surface area contributed by atoms with Crippen LogP contribution < -0.4 is 4.90 Å². The van der Waals surface area contributed by atoms with Crippen LogP contribution in [0.25, 0.3) is 71.3 Å². The summed E-state index contributed by atoms with van der Waals surface area (Å²) in [5, 5.41) is 7.23. The molecule has 8 aromatic rings. The van der Waals surface area contributed by atoms with Crippen molar-refractivity contribution in [2.75, 3.05) is 4.90 Å². The second-order valence-electron chi connectivity index (χ2n) is 12.2. The maximum absolute atomic E-state index is 6.68. The van der Waals surface area contributed by atoms with Gasteiger partial charge in [-0.2, -0.15) is 0 Å². The summed E-state index contributed by atoms with van der Waals surface area (Å²) in [5.41, 5.74) is 10.3. The van der Waals surface area contributed by atoms with E-state index in [0.29, 0.717) is 0 Å². The largest absolute Gasteiger partial charge is 0.456 e. The van der Waals surface area contributed by atoms with Gasteiger partial charge in [0, 0.05) is 34.3 Å². The van der Waals surface area contributed by atoms with E-state index in [1.165, 1.54) is 49.4 Å². The Bertz CT molecular complexity index is 2520. The molecule has 6 aromatic carbocycles. The maximum atomic E-state index is 6.68. The molecule has 10 rings (SSSR count). The molecule has 3 heterocycles. The number of rotatable bonds is 3. The highest BCUT2D eigenvalue weighted by molar-refractivity contribution is 6.22. The van der Waals surface area contributed by atoms with Crippen molar-refractivity contribution in [3.63, 3.8) is 0 Å². The van der Waals surface area contributed by atoms with E-state index < -0.39 is 0 Å². The predicted molar refractivity (Wildman–Crippen MR) is 192 cm³/mol. The molecule has 46 heavy (non-hydrogen) atoms. The third-order valence-electron chi connectivity index (χ3n) is 9.79. The van der Waals surface area contributed by atoms with Gasteiger partial charge >= 0.3 is 0 Å². The molecule has 1 aliphatic carbocycles. The van der Waals surface area contributed by atoms with Gasteiger partial charge < -0.3 is 9.32 Å². The first-order chi connectivity index (χ1) is 22.8. The Balaban J connectivity index is 1.15. The molecule has 0 bridgehead atoms. The van der Waals surface area contributed by atoms with E-state index in [2.05, 4.69) is 144 Å². The number of hydrogen-bond acceptors (Lipinski definition) is 3. The number of hydrogen-bond donors (Lipinski definition) is 0. The van der Waals surface area contributed by atoms with Crippen molar-refractivity contribution in [1.82, 2.24) is 4.98 Å². The quantitative estimate of drug-likeness (QED) is 0.192. The topological polar surface area (TPSA) is 29.3 Å². The molecule has 1 unspecified atom stereocenters. The first-order valence-electron chi connectivity index (χ1n) is 15.9. The number of nitrogens with zero attached hydrogens (tertiary/aromatic N) is 2. The second-order valence-corrected chi connectivity index (χ2v) is 12.2. The van der Waals surface area contributed by atoms with Gasteiger partial charge in [0.2, 0.25) is 0 Å². The van der Waals surface area contributed by atoms with Crippen LogP contribution in [0.4, 0.5) is 11.5 Å². The van der Waals surface area contributed by atoms with Crippen LogP contribution in [-0.2, 0) is 0 Å². The van der Waals surface area contributed by atoms with E-state index in [0.717, 1.165) is 45.4 Å². The molecule has 2 aliphatic rings. The normalized spacial score (nSPS) is 15.5. The summed E-state index contributed by atoms with van der Waals surface area (Å²) < 4.78 is 6.68. The zero-order chi connectivity index (χ0) is 30.2. The van der Waals surface area contributed by atoms with Gasteiger partial charge in [-0.1, -0.05) is 103 Å². The van der Waals surface area contributed by atoms with Crippen LogP contribution in [0.3, 0.4) is 0 Å². The van der Waals surface area contributed by atoms with Gasteiger partial charge in [0.1, 0.15) is 17.0 Å². The summed E-state index contributed by atoms with van der Waals surface area (Å²) in [6.07, 6.45) is 9.48. The van der Waals surface area contributed by atoms with Gasteiger partial charge in [0.25, 0.3) is 0 Å². The number of pyridine rings is 1. The van der Waals surface area contributed by atoms with Crippen molar-refractivity contribution < 1.29 is 4.42 Å². The summed E-state index contributed by atoms with van der Waals surface area (Å²) >= 11 is 0. The first kappa shape index (κ1) is 25.4. The van der Waals surface area contributed by atoms with E-state index in [-0.39, 0.29) is 6.04 Å². The zero-order valence-electron chi connectivity index (χ0n) is 25.0. The van der Waals surface area contributed by atoms with E-state index in [1.807, 2.05) is 12.3 Å². The van der Waals surface area contributed by atoms with Crippen molar-refractivity contribution in [1.29, 1.82) is 0 Å². The lowest BCUT2D eigenvalue weighted by atomic mass is 9.86. The number of furan rings is 1. The average Bonchev–Trinajstić information content (AvgIpc) is 3.65. The standard InChI is InChI=1S/C43H28N2O/c1-2-11-27(12-3-1)41-33-14-4-6-16-35(33)42(36-17-7-5-15-34(36)41)28-20-22-31-32-23-21-29(26-40(32)46-39(31)25-28)45-38-19-9-8-13-30(38)37-18-10-24-44-43(37)45/h1-18,20-26,38H,19H2. The lowest BCUT2D eigenvalue weighted by molar-refractivity contribution is 0.668. The van der Waals surface area contributed by atoms with Gasteiger partial charge in [-0.15, -0.1) is 0 Å². The molecule has 0 radical (unpaired) electrons. The molecule has 3 heteroatoms. The molecule has 2 aromatic heterocycles. The number of aromatic nitrogens is 1. The van der Waals surface area contributed by atoms with Gasteiger partial charge in [0.05, 0.1) is 6.04 Å². The van der Waals surface area contributed by atoms with Crippen molar-refractivity contribution in [3.8, 4) is 22.3 Å². The highest BCUT2D eigenvalue weighted by atomic mass is 16.3. The monoisotopic (exact) mass is 588 g/mol. The minimum Gasteiger partial charge on any atom is -0.456 e. The number of allylic oxidation sites excluding steroid dienone is 2. The van der Waals surface area contributed by atoms with Crippen LogP contribution in [0.5, 0.6) is 0 Å². The molecule has 0 saturated heterocycles. The van der Waals surface area contributed by atoms with Crippen LogP contribution in [0.1, 0.15) is 12.0 Å². The Kier molecular flexibility index (Phi) is 5.40. The fourth-order valence-corrected chi connectivity index (χ4v) is 7.82. The molecule has 3 nitrogen and oxygen atoms in total. The molecular formula is C43H28N2O. The molecule has 0 spiro atoms. The van der Waals surface area contributed by atoms with Crippen molar-refractivity contribution in [2.24, 2.45) is 0 Å². The summed E-state index contributed by atoms with van der Waals surface area (Å²) in [6.45, 7) is 0. The lowest BCUT2D eigenvalue weighted by Gasteiger charge is -2.27. The van der Waals surface area contributed by atoms with Gasteiger partial charge in [0.15, 0.2) is 0 Å². The van der Waals surface area contributed by atoms with Crippen LogP contribution >= 0.6 is 0 Å². The molecule has 0 fully saturated rings. The fraction of sp³-hybridized carbons (Fsp3) is 0.0465. The smallest absolute Gasteiger partial charge is 0.141 e. The van der Waals surface area contributed by atoms with Gasteiger partial charge in [-0.25, -0.2) is 4.98 Å².